The Morgan fingerprint density at radius 1 is 1.12 bits per heavy atom. The molecule has 1 aliphatic rings. The Labute approximate surface area is 152 Å². The molecule has 0 aliphatic carbocycles. The normalized spacial score (nSPS) is 20.9. The first kappa shape index (κ1) is 16.8. The van der Waals surface area contributed by atoms with Gasteiger partial charge in [0.05, 0.1) is 17.9 Å². The van der Waals surface area contributed by atoms with E-state index in [0.717, 1.165) is 37.6 Å². The van der Waals surface area contributed by atoms with Crippen LogP contribution in [0.15, 0.2) is 42.7 Å². The highest BCUT2D eigenvalue weighted by molar-refractivity contribution is 5.30. The molecule has 0 radical (unpaired) electrons. The number of likely N-dealkylation sites (N-methyl/N-ethyl adjacent to an activating group) is 1. The van der Waals surface area contributed by atoms with Crippen LogP contribution in [0.5, 0.6) is 0 Å². The van der Waals surface area contributed by atoms with Gasteiger partial charge in [-0.05, 0) is 36.7 Å². The first-order valence-corrected chi connectivity index (χ1v) is 8.79. The van der Waals surface area contributed by atoms with Gasteiger partial charge in [-0.1, -0.05) is 23.4 Å². The summed E-state index contributed by atoms with van der Waals surface area (Å²) in [6.07, 6.45) is 4.48. The Kier molecular flexibility index (Phi) is 4.72. The summed E-state index contributed by atoms with van der Waals surface area (Å²) in [6, 6.07) is 10.7. The Morgan fingerprint density at radius 2 is 1.96 bits per heavy atom. The molecule has 0 spiro atoms. The fourth-order valence-electron chi connectivity index (χ4n) is 3.58. The van der Waals surface area contributed by atoms with Gasteiger partial charge in [0.15, 0.2) is 5.82 Å². The lowest BCUT2D eigenvalue weighted by molar-refractivity contribution is 0.238. The Balaban J connectivity index is 1.44. The fraction of sp³-hybridized carbons (Fsp3) is 0.471. The smallest absolute Gasteiger partial charge is 0.157 e. The molecule has 26 heavy (non-hydrogen) atoms. The number of hydrogen-bond donors (Lipinski definition) is 0. The van der Waals surface area contributed by atoms with Crippen LogP contribution in [0.3, 0.4) is 0 Å². The van der Waals surface area contributed by atoms with Crippen LogP contribution in [0.4, 0.5) is 0 Å². The van der Waals surface area contributed by atoms with Gasteiger partial charge in [0, 0.05) is 38.3 Å². The summed E-state index contributed by atoms with van der Waals surface area (Å²) < 4.78 is 3.78. The average molecular weight is 353 g/mol. The van der Waals surface area contributed by atoms with Crippen LogP contribution in [0.2, 0.25) is 0 Å². The number of hydrogen-bond acceptors (Lipinski definition) is 7. The monoisotopic (exact) mass is 353 g/mol. The second-order valence-corrected chi connectivity index (χ2v) is 6.83. The Bertz CT molecular complexity index is 812. The van der Waals surface area contributed by atoms with Crippen molar-refractivity contribution < 1.29 is 0 Å². The lowest BCUT2D eigenvalue weighted by Crippen LogP contribution is -2.36. The molecule has 1 fully saturated rings. The Hall–Kier alpha value is -2.65. The SMILES string of the molecule is CN(C)[C@@H]1CN(CCc2nnnn2-c2ccccc2)C[C@@H]1n1ccnn1. The number of likely N-dealkylation sites (tertiary alicyclic amines) is 1. The third kappa shape index (κ3) is 3.35. The maximum atomic E-state index is 4.21. The maximum absolute atomic E-state index is 4.21. The molecule has 1 aliphatic heterocycles. The zero-order chi connectivity index (χ0) is 17.9. The van der Waals surface area contributed by atoms with Gasteiger partial charge < -0.3 is 4.90 Å². The number of aromatic nitrogens is 7. The molecule has 136 valence electrons. The number of rotatable bonds is 6. The number of nitrogens with zero attached hydrogens (tertiary/aromatic N) is 9. The highest BCUT2D eigenvalue weighted by atomic mass is 15.5. The van der Waals surface area contributed by atoms with Gasteiger partial charge in [-0.2, -0.15) is 4.68 Å². The molecular formula is C17H23N9. The summed E-state index contributed by atoms with van der Waals surface area (Å²) in [6.45, 7) is 2.84. The quantitative estimate of drug-likeness (QED) is 0.630. The van der Waals surface area contributed by atoms with E-state index in [4.69, 9.17) is 0 Å². The molecule has 9 nitrogen and oxygen atoms in total. The highest BCUT2D eigenvalue weighted by Gasteiger charge is 2.35. The summed E-state index contributed by atoms with van der Waals surface area (Å²) >= 11 is 0. The zero-order valence-electron chi connectivity index (χ0n) is 15.0. The third-order valence-corrected chi connectivity index (χ3v) is 4.97. The molecule has 0 unspecified atom stereocenters. The van der Waals surface area contributed by atoms with E-state index in [1.807, 2.05) is 45.9 Å². The summed E-state index contributed by atoms with van der Waals surface area (Å²) in [5.41, 5.74) is 0.987. The average Bonchev–Trinajstić information content (AvgIpc) is 3.39. The van der Waals surface area contributed by atoms with Gasteiger partial charge >= 0.3 is 0 Å². The second-order valence-electron chi connectivity index (χ2n) is 6.83. The lowest BCUT2D eigenvalue weighted by atomic mass is 10.1. The van der Waals surface area contributed by atoms with Gasteiger partial charge in [-0.3, -0.25) is 4.90 Å². The Morgan fingerprint density at radius 3 is 2.69 bits per heavy atom. The lowest BCUT2D eigenvalue weighted by Gasteiger charge is -2.24. The van der Waals surface area contributed by atoms with E-state index in [-0.39, 0.29) is 0 Å². The van der Waals surface area contributed by atoms with Crippen molar-refractivity contribution in [1.82, 2.24) is 45.0 Å². The molecule has 1 saturated heterocycles. The van der Waals surface area contributed by atoms with Crippen molar-refractivity contribution in [2.45, 2.75) is 18.5 Å². The van der Waals surface area contributed by atoms with Crippen molar-refractivity contribution in [2.75, 3.05) is 33.7 Å². The van der Waals surface area contributed by atoms with Crippen LogP contribution in [0.25, 0.3) is 5.69 Å². The molecule has 4 rings (SSSR count). The molecule has 3 heterocycles. The van der Waals surface area contributed by atoms with E-state index in [0.29, 0.717) is 12.1 Å². The first-order chi connectivity index (χ1) is 12.7. The molecule has 2 atom stereocenters. The maximum Gasteiger partial charge on any atom is 0.157 e. The van der Waals surface area contributed by atoms with Crippen molar-refractivity contribution in [3.05, 3.63) is 48.5 Å². The molecule has 3 aromatic rings. The van der Waals surface area contributed by atoms with Gasteiger partial charge in [0.2, 0.25) is 0 Å². The van der Waals surface area contributed by atoms with E-state index in [9.17, 15) is 0 Å². The summed E-state index contributed by atoms with van der Waals surface area (Å²) in [5, 5.41) is 20.4. The topological polar surface area (TPSA) is 80.8 Å². The van der Waals surface area contributed by atoms with E-state index in [1.54, 1.807) is 6.20 Å². The fourth-order valence-corrected chi connectivity index (χ4v) is 3.58. The predicted octanol–water partition coefficient (Wildman–Crippen LogP) is 0.283. The van der Waals surface area contributed by atoms with Gasteiger partial charge in [0.1, 0.15) is 0 Å². The summed E-state index contributed by atoms with van der Waals surface area (Å²) in [7, 11) is 4.24. The van der Waals surface area contributed by atoms with E-state index in [2.05, 4.69) is 49.7 Å². The first-order valence-electron chi connectivity index (χ1n) is 8.79. The van der Waals surface area contributed by atoms with Gasteiger partial charge in [-0.25, -0.2) is 4.68 Å². The van der Waals surface area contributed by atoms with Crippen LogP contribution in [0.1, 0.15) is 11.9 Å². The van der Waals surface area contributed by atoms with E-state index < -0.39 is 0 Å². The molecule has 0 amide bonds. The van der Waals surface area contributed by atoms with Crippen LogP contribution in [-0.2, 0) is 6.42 Å². The number of para-hydroxylation sites is 1. The largest absolute Gasteiger partial charge is 0.303 e. The van der Waals surface area contributed by atoms with E-state index >= 15 is 0 Å². The summed E-state index contributed by atoms with van der Waals surface area (Å²) in [5.74, 6) is 0.877. The van der Waals surface area contributed by atoms with Gasteiger partial charge in [-0.15, -0.1) is 10.2 Å². The molecule has 2 aromatic heterocycles. The minimum atomic E-state index is 0.303. The van der Waals surface area contributed by atoms with Crippen LogP contribution >= 0.6 is 0 Å². The van der Waals surface area contributed by atoms with Crippen molar-refractivity contribution >= 4 is 0 Å². The molecular weight excluding hydrogens is 330 g/mol. The zero-order valence-corrected chi connectivity index (χ0v) is 15.0. The van der Waals surface area contributed by atoms with Crippen LogP contribution in [-0.4, -0.2) is 84.8 Å². The highest BCUT2D eigenvalue weighted by Crippen LogP contribution is 2.24. The molecule has 0 N–H and O–H groups in total. The number of benzene rings is 1. The predicted molar refractivity (Wildman–Crippen MR) is 95.8 cm³/mol. The van der Waals surface area contributed by atoms with E-state index in [1.165, 1.54) is 0 Å². The number of tetrazole rings is 1. The van der Waals surface area contributed by atoms with Gasteiger partial charge in [0.25, 0.3) is 0 Å². The molecule has 0 saturated carbocycles. The van der Waals surface area contributed by atoms with Crippen molar-refractivity contribution in [2.24, 2.45) is 0 Å². The van der Waals surface area contributed by atoms with Crippen LogP contribution < -0.4 is 0 Å². The van der Waals surface area contributed by atoms with Crippen molar-refractivity contribution in [3.63, 3.8) is 0 Å². The minimum absolute atomic E-state index is 0.303. The van der Waals surface area contributed by atoms with Crippen molar-refractivity contribution in [1.29, 1.82) is 0 Å². The third-order valence-electron chi connectivity index (χ3n) is 4.97. The second kappa shape index (κ2) is 7.30. The summed E-state index contributed by atoms with van der Waals surface area (Å²) in [4.78, 5) is 4.71. The van der Waals surface area contributed by atoms with Crippen LogP contribution in [0, 0.1) is 0 Å². The molecule has 0 bridgehead atoms. The van der Waals surface area contributed by atoms with Crippen molar-refractivity contribution in [3.8, 4) is 5.69 Å². The minimum Gasteiger partial charge on any atom is -0.303 e. The molecule has 1 aromatic carbocycles. The molecule has 9 heteroatoms. The standard InChI is InChI=1S/C17H23N9/c1-23(2)15-12-24(13-16(15)25-11-9-18-21-25)10-8-17-19-20-22-26(17)14-6-4-3-5-7-14/h3-7,9,11,15-16H,8,10,12-13H2,1-2H3/t15-,16+/m1/s1.